The van der Waals surface area contributed by atoms with Gasteiger partial charge in [-0.05, 0) is 48.6 Å². The highest BCUT2D eigenvalue weighted by molar-refractivity contribution is 7.71. The fourth-order valence-corrected chi connectivity index (χ4v) is 4.02. The van der Waals surface area contributed by atoms with E-state index in [4.69, 9.17) is 28.6 Å². The van der Waals surface area contributed by atoms with Crippen molar-refractivity contribution in [3.05, 3.63) is 58.3 Å². The molecule has 4 rings (SSSR count). The molecule has 2 aromatic carbocycles. The van der Waals surface area contributed by atoms with Gasteiger partial charge in [0.15, 0.2) is 10.6 Å². The number of ether oxygens (including phenoxy) is 1. The number of aromatic nitrogens is 3. The van der Waals surface area contributed by atoms with Crippen LogP contribution in [0, 0.1) is 4.77 Å². The van der Waals surface area contributed by atoms with Crippen molar-refractivity contribution in [2.45, 2.75) is 6.54 Å². The number of hydrogen-bond acceptors (Lipinski definition) is 5. The monoisotopic (exact) mass is 443 g/mol. The van der Waals surface area contributed by atoms with Crippen molar-refractivity contribution in [3.8, 4) is 17.1 Å². The smallest absolute Gasteiger partial charge is 0.242 e. The Morgan fingerprint density at radius 2 is 1.83 bits per heavy atom. The summed E-state index contributed by atoms with van der Waals surface area (Å²) in [6.45, 7) is 2.87. The Morgan fingerprint density at radius 3 is 2.50 bits per heavy atom. The number of para-hydroxylation sites is 1. The van der Waals surface area contributed by atoms with E-state index in [2.05, 4.69) is 15.1 Å². The third kappa shape index (κ3) is 4.20. The maximum absolute atomic E-state index is 13.0. The second-order valence-corrected chi connectivity index (χ2v) is 7.78. The molecule has 1 amide bonds. The van der Waals surface area contributed by atoms with Crippen LogP contribution in [0.1, 0.15) is 0 Å². The van der Waals surface area contributed by atoms with E-state index in [0.717, 1.165) is 35.1 Å². The molecular weight excluding hydrogens is 422 g/mol. The van der Waals surface area contributed by atoms with E-state index in [0.29, 0.717) is 23.7 Å². The number of rotatable bonds is 5. The number of nitrogens with one attached hydrogen (secondary N) is 1. The molecule has 1 aliphatic heterocycles. The second-order valence-electron chi connectivity index (χ2n) is 6.99. The summed E-state index contributed by atoms with van der Waals surface area (Å²) in [6, 6.07) is 15.3. The number of aromatic amines is 1. The van der Waals surface area contributed by atoms with E-state index in [1.54, 1.807) is 11.7 Å². The van der Waals surface area contributed by atoms with Crippen LogP contribution in [-0.2, 0) is 11.3 Å². The minimum Gasteiger partial charge on any atom is -0.497 e. The highest BCUT2D eigenvalue weighted by atomic mass is 35.5. The predicted octanol–water partition coefficient (Wildman–Crippen LogP) is 3.62. The Bertz CT molecular complexity index is 1090. The van der Waals surface area contributed by atoms with Crippen LogP contribution >= 0.6 is 23.8 Å². The molecule has 0 atom stereocenters. The molecule has 1 N–H and O–H groups in total. The summed E-state index contributed by atoms with van der Waals surface area (Å²) >= 11 is 11.7. The Hall–Kier alpha value is -2.84. The van der Waals surface area contributed by atoms with Crippen molar-refractivity contribution < 1.29 is 9.53 Å². The third-order valence-corrected chi connectivity index (χ3v) is 5.86. The zero-order chi connectivity index (χ0) is 21.1. The molecule has 0 radical (unpaired) electrons. The van der Waals surface area contributed by atoms with Crippen molar-refractivity contribution >= 4 is 35.4 Å². The molecule has 0 spiro atoms. The number of carbonyl (C=O) groups is 1. The molecule has 0 unspecified atom stereocenters. The van der Waals surface area contributed by atoms with Crippen LogP contribution in [0.15, 0.2) is 48.5 Å². The topological polar surface area (TPSA) is 66.4 Å². The summed E-state index contributed by atoms with van der Waals surface area (Å²) < 4.78 is 7.36. The maximum Gasteiger partial charge on any atom is 0.242 e. The number of hydrogen-bond donors (Lipinski definition) is 1. The van der Waals surface area contributed by atoms with Gasteiger partial charge in [-0.25, -0.2) is 0 Å². The number of carbonyl (C=O) groups excluding carboxylic acids is 1. The first-order valence-corrected chi connectivity index (χ1v) is 10.4. The average Bonchev–Trinajstić information content (AvgIpc) is 3.14. The van der Waals surface area contributed by atoms with Gasteiger partial charge in [-0.1, -0.05) is 23.7 Å². The molecule has 3 aromatic rings. The van der Waals surface area contributed by atoms with Crippen molar-refractivity contribution in [2.75, 3.05) is 38.2 Å². The van der Waals surface area contributed by atoms with E-state index in [9.17, 15) is 4.79 Å². The molecule has 30 heavy (non-hydrogen) atoms. The lowest BCUT2D eigenvalue weighted by Crippen LogP contribution is -2.49. The Morgan fingerprint density at radius 1 is 1.13 bits per heavy atom. The molecule has 156 valence electrons. The number of benzene rings is 2. The summed E-state index contributed by atoms with van der Waals surface area (Å²) in [7, 11) is 1.62. The SMILES string of the molecule is COc1ccc(-c2n[nH]c(=S)n2CC(=O)N2CCN(c3ccccc3Cl)CC2)cc1. The van der Waals surface area contributed by atoms with Crippen LogP contribution < -0.4 is 9.64 Å². The predicted molar refractivity (Wildman–Crippen MR) is 120 cm³/mol. The molecular formula is C21H22ClN5O2S. The molecule has 1 aliphatic rings. The van der Waals surface area contributed by atoms with Gasteiger partial charge in [0, 0.05) is 31.7 Å². The van der Waals surface area contributed by atoms with Gasteiger partial charge >= 0.3 is 0 Å². The highest BCUT2D eigenvalue weighted by Gasteiger charge is 2.23. The van der Waals surface area contributed by atoms with E-state index in [1.807, 2.05) is 53.4 Å². The molecule has 0 aliphatic carbocycles. The molecule has 7 nitrogen and oxygen atoms in total. The normalized spacial score (nSPS) is 14.1. The summed E-state index contributed by atoms with van der Waals surface area (Å²) in [4.78, 5) is 17.0. The Labute approximate surface area is 184 Å². The van der Waals surface area contributed by atoms with Crippen LogP contribution in [0.25, 0.3) is 11.4 Å². The quantitative estimate of drug-likeness (QED) is 0.610. The van der Waals surface area contributed by atoms with E-state index < -0.39 is 0 Å². The number of H-pyrrole nitrogens is 1. The van der Waals surface area contributed by atoms with E-state index in [1.165, 1.54) is 0 Å². The zero-order valence-corrected chi connectivity index (χ0v) is 18.1. The number of anilines is 1. The molecule has 9 heteroatoms. The number of piperazine rings is 1. The van der Waals surface area contributed by atoms with Crippen LogP contribution in [-0.4, -0.2) is 58.9 Å². The summed E-state index contributed by atoms with van der Waals surface area (Å²) in [6.07, 6.45) is 0. The standard InChI is InChI=1S/C21H22ClN5O2S/c1-29-16-8-6-15(7-9-16)20-23-24-21(30)27(20)14-19(28)26-12-10-25(11-13-26)18-5-3-2-4-17(18)22/h2-9H,10-14H2,1H3,(H,24,30). The van der Waals surface area contributed by atoms with Gasteiger partial charge in [0.05, 0.1) is 17.8 Å². The van der Waals surface area contributed by atoms with E-state index >= 15 is 0 Å². The largest absolute Gasteiger partial charge is 0.497 e. The Kier molecular flexibility index (Phi) is 6.06. The second kappa shape index (κ2) is 8.89. The van der Waals surface area contributed by atoms with E-state index in [-0.39, 0.29) is 12.5 Å². The van der Waals surface area contributed by atoms with Gasteiger partial charge in [-0.2, -0.15) is 5.10 Å². The first-order chi connectivity index (χ1) is 14.6. The first-order valence-electron chi connectivity index (χ1n) is 9.63. The number of methoxy groups -OCH3 is 1. The molecule has 0 bridgehead atoms. The lowest BCUT2D eigenvalue weighted by Gasteiger charge is -2.36. The summed E-state index contributed by atoms with van der Waals surface area (Å²) in [5.41, 5.74) is 1.87. The van der Waals surface area contributed by atoms with Gasteiger partial charge in [-0.3, -0.25) is 14.5 Å². The van der Waals surface area contributed by atoms with Gasteiger partial charge in [0.1, 0.15) is 12.3 Å². The summed E-state index contributed by atoms with van der Waals surface area (Å²) in [5, 5.41) is 7.84. The van der Waals surface area contributed by atoms with Gasteiger partial charge in [-0.15, -0.1) is 0 Å². The fourth-order valence-electron chi connectivity index (χ4n) is 3.57. The molecule has 1 aromatic heterocycles. The number of amides is 1. The lowest BCUT2D eigenvalue weighted by molar-refractivity contribution is -0.132. The van der Waals surface area contributed by atoms with Crippen LogP contribution in [0.2, 0.25) is 5.02 Å². The number of nitrogens with zero attached hydrogens (tertiary/aromatic N) is 4. The van der Waals surface area contributed by atoms with Gasteiger partial charge < -0.3 is 14.5 Å². The minimum absolute atomic E-state index is 0.0149. The lowest BCUT2D eigenvalue weighted by atomic mass is 10.2. The molecule has 1 saturated heterocycles. The van der Waals surface area contributed by atoms with Crippen LogP contribution in [0.3, 0.4) is 0 Å². The fraction of sp³-hybridized carbons (Fsp3) is 0.286. The molecule has 2 heterocycles. The number of halogens is 1. The van der Waals surface area contributed by atoms with Crippen LogP contribution in [0.5, 0.6) is 5.75 Å². The molecule has 1 fully saturated rings. The van der Waals surface area contributed by atoms with Crippen molar-refractivity contribution in [1.82, 2.24) is 19.7 Å². The highest BCUT2D eigenvalue weighted by Crippen LogP contribution is 2.26. The zero-order valence-electron chi connectivity index (χ0n) is 16.5. The average molecular weight is 444 g/mol. The third-order valence-electron chi connectivity index (χ3n) is 5.23. The first kappa shape index (κ1) is 20.4. The summed E-state index contributed by atoms with van der Waals surface area (Å²) in [5.74, 6) is 1.40. The Balaban J connectivity index is 1.44. The van der Waals surface area contributed by atoms with Crippen molar-refractivity contribution in [3.63, 3.8) is 0 Å². The van der Waals surface area contributed by atoms with Gasteiger partial charge in [0.2, 0.25) is 5.91 Å². The van der Waals surface area contributed by atoms with Crippen molar-refractivity contribution in [2.24, 2.45) is 0 Å². The van der Waals surface area contributed by atoms with Gasteiger partial charge in [0.25, 0.3) is 0 Å². The van der Waals surface area contributed by atoms with Crippen molar-refractivity contribution in [1.29, 1.82) is 0 Å². The minimum atomic E-state index is 0.0149. The maximum atomic E-state index is 13.0. The molecule has 0 saturated carbocycles. The van der Waals surface area contributed by atoms with Crippen LogP contribution in [0.4, 0.5) is 5.69 Å².